The maximum atomic E-state index is 13.1. The van der Waals surface area contributed by atoms with Gasteiger partial charge in [-0.2, -0.15) is 0 Å². The number of ether oxygens (including phenoxy) is 3. The third-order valence-corrected chi connectivity index (χ3v) is 4.85. The van der Waals surface area contributed by atoms with Gasteiger partial charge in [0.25, 0.3) is 11.8 Å². The molecule has 0 atom stereocenters. The molecule has 7 nitrogen and oxygen atoms in total. The minimum atomic E-state index is -0.619. The van der Waals surface area contributed by atoms with Crippen molar-refractivity contribution in [2.45, 2.75) is 5.92 Å². The van der Waals surface area contributed by atoms with Crippen LogP contribution in [-0.4, -0.2) is 26.0 Å². The highest BCUT2D eigenvalue weighted by atomic mass is 16.5. The third kappa shape index (κ3) is 3.65. The molecular formula is C23H20N2O5. The molecular weight excluding hydrogens is 384 g/mol. The first-order valence-electron chi connectivity index (χ1n) is 9.29. The summed E-state index contributed by atoms with van der Waals surface area (Å²) >= 11 is 0. The van der Waals surface area contributed by atoms with Gasteiger partial charge in [-0.15, -0.1) is 0 Å². The van der Waals surface area contributed by atoms with E-state index in [0.717, 1.165) is 11.1 Å². The lowest BCUT2D eigenvalue weighted by Crippen LogP contribution is -2.44. The van der Waals surface area contributed by atoms with Gasteiger partial charge in [-0.25, -0.2) is 0 Å². The van der Waals surface area contributed by atoms with Crippen LogP contribution in [0.25, 0.3) is 0 Å². The maximum absolute atomic E-state index is 13.1. The van der Waals surface area contributed by atoms with E-state index >= 15 is 0 Å². The van der Waals surface area contributed by atoms with Crippen molar-refractivity contribution < 1.29 is 23.8 Å². The van der Waals surface area contributed by atoms with Crippen molar-refractivity contribution in [3.63, 3.8) is 0 Å². The molecule has 1 heterocycles. The molecule has 0 fully saturated rings. The molecule has 3 aromatic rings. The molecule has 0 radical (unpaired) electrons. The zero-order valence-corrected chi connectivity index (χ0v) is 16.5. The molecule has 0 saturated heterocycles. The van der Waals surface area contributed by atoms with Gasteiger partial charge >= 0.3 is 0 Å². The van der Waals surface area contributed by atoms with Crippen LogP contribution in [0.4, 0.5) is 0 Å². The van der Waals surface area contributed by atoms with E-state index in [4.69, 9.17) is 14.2 Å². The molecule has 0 spiro atoms. The zero-order chi connectivity index (χ0) is 21.1. The number of hydrogen-bond donors (Lipinski definition) is 2. The van der Waals surface area contributed by atoms with Crippen molar-refractivity contribution in [1.82, 2.24) is 10.9 Å². The largest absolute Gasteiger partial charge is 0.497 e. The molecule has 7 heteroatoms. The summed E-state index contributed by atoms with van der Waals surface area (Å²) in [4.78, 5) is 25.7. The molecule has 0 aromatic heterocycles. The van der Waals surface area contributed by atoms with Crippen LogP contribution in [0.5, 0.6) is 23.0 Å². The Morgan fingerprint density at radius 2 is 1.33 bits per heavy atom. The van der Waals surface area contributed by atoms with Gasteiger partial charge < -0.3 is 14.2 Å². The van der Waals surface area contributed by atoms with Crippen LogP contribution < -0.4 is 25.1 Å². The Labute approximate surface area is 173 Å². The van der Waals surface area contributed by atoms with E-state index in [1.165, 1.54) is 14.2 Å². The molecule has 152 valence electrons. The van der Waals surface area contributed by atoms with Crippen LogP contribution in [-0.2, 0) is 4.79 Å². The van der Waals surface area contributed by atoms with Crippen LogP contribution >= 0.6 is 0 Å². The van der Waals surface area contributed by atoms with Crippen molar-refractivity contribution in [2.24, 2.45) is 0 Å². The second-order valence-corrected chi connectivity index (χ2v) is 6.66. The lowest BCUT2D eigenvalue weighted by atomic mass is 9.87. The molecule has 3 aromatic carbocycles. The number of para-hydroxylation sites is 2. The van der Waals surface area contributed by atoms with Gasteiger partial charge in [-0.05, 0) is 24.3 Å². The molecule has 0 bridgehead atoms. The van der Waals surface area contributed by atoms with E-state index < -0.39 is 11.8 Å². The summed E-state index contributed by atoms with van der Waals surface area (Å²) in [5, 5.41) is 0. The van der Waals surface area contributed by atoms with Crippen LogP contribution in [0, 0.1) is 0 Å². The fourth-order valence-corrected chi connectivity index (χ4v) is 3.39. The summed E-state index contributed by atoms with van der Waals surface area (Å²) in [6.45, 7) is 0. The lowest BCUT2D eigenvalue weighted by molar-refractivity contribution is -0.122. The lowest BCUT2D eigenvalue weighted by Gasteiger charge is -2.27. The van der Waals surface area contributed by atoms with Gasteiger partial charge in [0.1, 0.15) is 23.0 Å². The number of benzene rings is 3. The summed E-state index contributed by atoms with van der Waals surface area (Å²) < 4.78 is 16.3. The molecule has 0 saturated carbocycles. The van der Waals surface area contributed by atoms with Crippen molar-refractivity contribution in [3.8, 4) is 23.0 Å². The standard InChI is InChI=1S/C23H20N2O5/c1-28-15-11-14(12-16(13-15)29-2)22(26)24-25-23(27)21-17-7-3-5-9-19(17)30-20-10-6-4-8-18(20)21/h3-13,21H,1-2H3,(H,24,26)(H,25,27). The molecule has 30 heavy (non-hydrogen) atoms. The monoisotopic (exact) mass is 404 g/mol. The van der Waals surface area contributed by atoms with Gasteiger partial charge in [0.15, 0.2) is 0 Å². The van der Waals surface area contributed by atoms with Crippen molar-refractivity contribution in [3.05, 3.63) is 83.4 Å². The Kier molecular flexibility index (Phi) is 5.26. The van der Waals surface area contributed by atoms with Crippen LogP contribution in [0.2, 0.25) is 0 Å². The van der Waals surface area contributed by atoms with E-state index in [9.17, 15) is 9.59 Å². The summed E-state index contributed by atoms with van der Waals surface area (Å²) in [6, 6.07) is 19.5. The van der Waals surface area contributed by atoms with Crippen LogP contribution in [0.15, 0.2) is 66.7 Å². The fourth-order valence-electron chi connectivity index (χ4n) is 3.39. The van der Waals surface area contributed by atoms with E-state index in [1.807, 2.05) is 48.5 Å². The average Bonchev–Trinajstić information content (AvgIpc) is 2.80. The van der Waals surface area contributed by atoms with Gasteiger partial charge in [0.05, 0.1) is 20.1 Å². The molecule has 0 unspecified atom stereocenters. The first-order chi connectivity index (χ1) is 14.6. The van der Waals surface area contributed by atoms with E-state index in [2.05, 4.69) is 10.9 Å². The molecule has 4 rings (SSSR count). The predicted molar refractivity (Wildman–Crippen MR) is 110 cm³/mol. The second kappa shape index (κ2) is 8.16. The second-order valence-electron chi connectivity index (χ2n) is 6.66. The van der Waals surface area contributed by atoms with Crippen molar-refractivity contribution >= 4 is 11.8 Å². The topological polar surface area (TPSA) is 85.9 Å². The highest BCUT2D eigenvalue weighted by Gasteiger charge is 2.32. The first kappa shape index (κ1) is 19.3. The summed E-state index contributed by atoms with van der Waals surface area (Å²) in [5.41, 5.74) is 6.75. The zero-order valence-electron chi connectivity index (χ0n) is 16.5. The Balaban J connectivity index is 1.56. The predicted octanol–water partition coefficient (Wildman–Crippen LogP) is 3.40. The van der Waals surface area contributed by atoms with E-state index in [1.54, 1.807) is 18.2 Å². The Morgan fingerprint density at radius 3 is 1.87 bits per heavy atom. The van der Waals surface area contributed by atoms with Crippen molar-refractivity contribution in [2.75, 3.05) is 14.2 Å². The summed E-state index contributed by atoms with van der Waals surface area (Å²) in [6.07, 6.45) is 0. The SMILES string of the molecule is COc1cc(OC)cc(C(=O)NNC(=O)C2c3ccccc3Oc3ccccc32)c1. The van der Waals surface area contributed by atoms with Crippen molar-refractivity contribution in [1.29, 1.82) is 0 Å². The van der Waals surface area contributed by atoms with Gasteiger partial charge in [-0.1, -0.05) is 36.4 Å². The Bertz CT molecular complexity index is 1040. The molecule has 2 N–H and O–H groups in total. The number of nitrogens with one attached hydrogen (secondary N) is 2. The maximum Gasteiger partial charge on any atom is 0.269 e. The number of rotatable bonds is 4. The molecule has 1 aliphatic rings. The molecule has 1 aliphatic heterocycles. The molecule has 0 aliphatic carbocycles. The van der Waals surface area contributed by atoms with Crippen LogP contribution in [0.1, 0.15) is 27.4 Å². The quantitative estimate of drug-likeness (QED) is 0.651. The number of carbonyl (C=O) groups excluding carboxylic acids is 2. The first-order valence-corrected chi connectivity index (χ1v) is 9.29. The smallest absolute Gasteiger partial charge is 0.269 e. The summed E-state index contributed by atoms with van der Waals surface area (Å²) in [7, 11) is 3.00. The Hall–Kier alpha value is -4.00. The molecule has 2 amide bonds. The van der Waals surface area contributed by atoms with Crippen LogP contribution in [0.3, 0.4) is 0 Å². The highest BCUT2D eigenvalue weighted by Crippen LogP contribution is 2.43. The minimum absolute atomic E-state index is 0.291. The average molecular weight is 404 g/mol. The minimum Gasteiger partial charge on any atom is -0.497 e. The highest BCUT2D eigenvalue weighted by molar-refractivity contribution is 5.97. The van der Waals surface area contributed by atoms with Gasteiger partial charge in [0, 0.05) is 22.8 Å². The third-order valence-electron chi connectivity index (χ3n) is 4.85. The fraction of sp³-hybridized carbons (Fsp3) is 0.130. The number of hydrogen-bond acceptors (Lipinski definition) is 5. The van der Waals surface area contributed by atoms with Gasteiger partial charge in [0.2, 0.25) is 0 Å². The number of fused-ring (bicyclic) bond motifs is 2. The normalized spacial score (nSPS) is 12.1. The number of methoxy groups -OCH3 is 2. The number of hydrazine groups is 1. The summed E-state index contributed by atoms with van der Waals surface area (Å²) in [5.74, 6) is 0.679. The van der Waals surface area contributed by atoms with E-state index in [-0.39, 0.29) is 5.91 Å². The van der Waals surface area contributed by atoms with Gasteiger partial charge in [-0.3, -0.25) is 20.4 Å². The van der Waals surface area contributed by atoms with E-state index in [0.29, 0.717) is 28.6 Å². The number of carbonyl (C=O) groups is 2. The Morgan fingerprint density at radius 1 is 0.800 bits per heavy atom. The number of amides is 2.